The van der Waals surface area contributed by atoms with Gasteiger partial charge in [0.2, 0.25) is 5.91 Å². The molecule has 0 saturated heterocycles. The molecule has 8 heteroatoms. The molecule has 6 nitrogen and oxygen atoms in total. The van der Waals surface area contributed by atoms with Crippen LogP contribution >= 0.6 is 12.2 Å². The van der Waals surface area contributed by atoms with E-state index in [1.807, 2.05) is 45.0 Å². The topological polar surface area (TPSA) is 71.9 Å². The fourth-order valence-corrected chi connectivity index (χ4v) is 3.56. The third-order valence-electron chi connectivity index (χ3n) is 5.07. The number of carbonyl (C=O) groups is 1. The van der Waals surface area contributed by atoms with E-state index < -0.39 is 5.41 Å². The van der Waals surface area contributed by atoms with Crippen LogP contribution in [0, 0.1) is 10.6 Å². The highest BCUT2D eigenvalue weighted by Crippen LogP contribution is 2.25. The molecule has 0 fully saturated rings. The van der Waals surface area contributed by atoms with Gasteiger partial charge < -0.3 is 10.1 Å². The van der Waals surface area contributed by atoms with Gasteiger partial charge in [0.1, 0.15) is 11.6 Å². The van der Waals surface area contributed by atoms with Gasteiger partial charge in [0, 0.05) is 30.5 Å². The zero-order valence-electron chi connectivity index (χ0n) is 17.9. The van der Waals surface area contributed by atoms with Crippen molar-refractivity contribution in [2.24, 2.45) is 0 Å². The number of aromatic nitrogens is 3. The molecule has 0 spiro atoms. The molecular formula is C23H27FN4O2S. The van der Waals surface area contributed by atoms with Gasteiger partial charge in [0.25, 0.3) is 0 Å². The van der Waals surface area contributed by atoms with Gasteiger partial charge in [0.15, 0.2) is 10.6 Å². The molecule has 3 rings (SSSR count). The van der Waals surface area contributed by atoms with Crippen molar-refractivity contribution in [2.45, 2.75) is 39.2 Å². The second-order valence-corrected chi connectivity index (χ2v) is 8.24. The van der Waals surface area contributed by atoms with Crippen LogP contribution in [0.4, 0.5) is 4.39 Å². The molecule has 0 aliphatic heterocycles. The van der Waals surface area contributed by atoms with Crippen molar-refractivity contribution in [3.63, 3.8) is 0 Å². The van der Waals surface area contributed by atoms with Crippen LogP contribution in [0.5, 0.6) is 5.75 Å². The standard InChI is InChI=1S/C23H27FN4O2S/c1-4-30-17-11-9-16(10-12-17)21-26-27-22(31)28(21)14-13-20(29)25-15-23(2,3)18-7-5-6-8-19(18)24/h5-12H,4,13-15H2,1-3H3,(H,25,29)(H,27,31). The molecule has 0 unspecified atom stereocenters. The summed E-state index contributed by atoms with van der Waals surface area (Å²) >= 11 is 5.34. The van der Waals surface area contributed by atoms with Gasteiger partial charge in [-0.25, -0.2) is 4.39 Å². The van der Waals surface area contributed by atoms with E-state index in [2.05, 4.69) is 15.5 Å². The summed E-state index contributed by atoms with van der Waals surface area (Å²) in [6.07, 6.45) is 0.227. The number of ether oxygens (including phenoxy) is 1. The number of benzene rings is 2. The van der Waals surface area contributed by atoms with E-state index in [0.29, 0.717) is 35.9 Å². The number of amides is 1. The minimum Gasteiger partial charge on any atom is -0.494 e. The number of hydrogen-bond acceptors (Lipinski definition) is 4. The highest BCUT2D eigenvalue weighted by molar-refractivity contribution is 7.71. The number of nitrogens with one attached hydrogen (secondary N) is 2. The van der Waals surface area contributed by atoms with Crippen LogP contribution in [-0.2, 0) is 16.8 Å². The summed E-state index contributed by atoms with van der Waals surface area (Å²) in [6, 6.07) is 14.2. The van der Waals surface area contributed by atoms with Crippen LogP contribution in [0.3, 0.4) is 0 Å². The second kappa shape index (κ2) is 9.87. The maximum Gasteiger partial charge on any atom is 0.221 e. The molecule has 2 N–H and O–H groups in total. The first-order chi connectivity index (χ1) is 14.8. The summed E-state index contributed by atoms with van der Waals surface area (Å²) in [6.45, 7) is 7.05. The summed E-state index contributed by atoms with van der Waals surface area (Å²) in [5.74, 6) is 1.04. The molecule has 0 atom stereocenters. The van der Waals surface area contributed by atoms with Gasteiger partial charge in [-0.3, -0.25) is 14.5 Å². The van der Waals surface area contributed by atoms with Crippen LogP contribution in [0.15, 0.2) is 48.5 Å². The molecule has 0 bridgehead atoms. The lowest BCUT2D eigenvalue weighted by Gasteiger charge is -2.26. The smallest absolute Gasteiger partial charge is 0.221 e. The number of H-pyrrole nitrogens is 1. The largest absolute Gasteiger partial charge is 0.494 e. The molecule has 164 valence electrons. The summed E-state index contributed by atoms with van der Waals surface area (Å²) in [4.78, 5) is 12.5. The zero-order chi connectivity index (χ0) is 22.4. The molecular weight excluding hydrogens is 415 g/mol. The van der Waals surface area contributed by atoms with Crippen molar-refractivity contribution in [1.29, 1.82) is 0 Å². The number of carbonyl (C=O) groups excluding carboxylic acids is 1. The summed E-state index contributed by atoms with van der Waals surface area (Å²) in [7, 11) is 0. The molecule has 1 amide bonds. The van der Waals surface area contributed by atoms with Crippen molar-refractivity contribution >= 4 is 18.1 Å². The van der Waals surface area contributed by atoms with E-state index in [1.54, 1.807) is 22.8 Å². The van der Waals surface area contributed by atoms with E-state index in [0.717, 1.165) is 11.3 Å². The second-order valence-electron chi connectivity index (χ2n) is 7.85. The maximum absolute atomic E-state index is 14.1. The van der Waals surface area contributed by atoms with Crippen molar-refractivity contribution < 1.29 is 13.9 Å². The average molecular weight is 443 g/mol. The van der Waals surface area contributed by atoms with Crippen LogP contribution in [-0.4, -0.2) is 33.8 Å². The lowest BCUT2D eigenvalue weighted by Crippen LogP contribution is -2.37. The highest BCUT2D eigenvalue weighted by atomic mass is 32.1. The van der Waals surface area contributed by atoms with Crippen LogP contribution in [0.1, 0.15) is 32.8 Å². The van der Waals surface area contributed by atoms with Crippen molar-refractivity contribution in [1.82, 2.24) is 20.1 Å². The molecule has 0 saturated carbocycles. The molecule has 1 heterocycles. The normalized spacial score (nSPS) is 11.4. The minimum atomic E-state index is -0.527. The first-order valence-electron chi connectivity index (χ1n) is 10.2. The van der Waals surface area contributed by atoms with Crippen LogP contribution in [0.2, 0.25) is 0 Å². The Bertz CT molecular complexity index is 1090. The molecule has 2 aromatic carbocycles. The van der Waals surface area contributed by atoms with Gasteiger partial charge in [-0.15, -0.1) is 0 Å². The zero-order valence-corrected chi connectivity index (χ0v) is 18.8. The average Bonchev–Trinajstić information content (AvgIpc) is 3.12. The van der Waals surface area contributed by atoms with Crippen molar-refractivity contribution in [3.05, 3.63) is 64.7 Å². The number of halogens is 1. The lowest BCUT2D eigenvalue weighted by molar-refractivity contribution is -0.121. The first-order valence-corrected chi connectivity index (χ1v) is 10.6. The molecule has 0 radical (unpaired) electrons. The fourth-order valence-electron chi connectivity index (χ4n) is 3.34. The van der Waals surface area contributed by atoms with E-state index in [4.69, 9.17) is 17.0 Å². The fraction of sp³-hybridized carbons (Fsp3) is 0.348. The Balaban J connectivity index is 1.62. The van der Waals surface area contributed by atoms with Gasteiger partial charge >= 0.3 is 0 Å². The number of hydrogen-bond donors (Lipinski definition) is 2. The van der Waals surface area contributed by atoms with Gasteiger partial charge in [-0.05, 0) is 55.0 Å². The van der Waals surface area contributed by atoms with E-state index in [-0.39, 0.29) is 18.1 Å². The Morgan fingerprint density at radius 3 is 2.61 bits per heavy atom. The quantitative estimate of drug-likeness (QED) is 0.474. The lowest BCUT2D eigenvalue weighted by atomic mass is 9.84. The Hall–Kier alpha value is -3.00. The third kappa shape index (κ3) is 5.58. The summed E-state index contributed by atoms with van der Waals surface area (Å²) in [5, 5.41) is 10.0. The first kappa shape index (κ1) is 22.7. The van der Waals surface area contributed by atoms with Crippen molar-refractivity contribution in [3.8, 4) is 17.1 Å². The summed E-state index contributed by atoms with van der Waals surface area (Å²) < 4.78 is 21.8. The SMILES string of the molecule is CCOc1ccc(-c2n[nH]c(=S)n2CCC(=O)NCC(C)(C)c2ccccc2F)cc1. The highest BCUT2D eigenvalue weighted by Gasteiger charge is 2.24. The minimum absolute atomic E-state index is 0.134. The number of nitrogens with zero attached hydrogens (tertiary/aromatic N) is 2. The molecule has 3 aromatic rings. The predicted molar refractivity (Wildman–Crippen MR) is 121 cm³/mol. The van der Waals surface area contributed by atoms with Gasteiger partial charge in [-0.1, -0.05) is 32.0 Å². The third-order valence-corrected chi connectivity index (χ3v) is 5.39. The molecule has 31 heavy (non-hydrogen) atoms. The summed E-state index contributed by atoms with van der Waals surface area (Å²) in [5.41, 5.74) is 0.919. The molecule has 1 aromatic heterocycles. The predicted octanol–water partition coefficient (Wildman–Crippen LogP) is 4.63. The maximum atomic E-state index is 14.1. The Labute approximate surface area is 186 Å². The number of aromatic amines is 1. The van der Waals surface area contributed by atoms with E-state index in [9.17, 15) is 9.18 Å². The van der Waals surface area contributed by atoms with Gasteiger partial charge in [-0.2, -0.15) is 5.10 Å². The van der Waals surface area contributed by atoms with Gasteiger partial charge in [0.05, 0.1) is 6.61 Å². The molecule has 0 aliphatic rings. The van der Waals surface area contributed by atoms with Crippen LogP contribution < -0.4 is 10.1 Å². The van der Waals surface area contributed by atoms with Crippen molar-refractivity contribution in [2.75, 3.05) is 13.2 Å². The molecule has 0 aliphatic carbocycles. The Kier molecular flexibility index (Phi) is 7.22. The monoisotopic (exact) mass is 442 g/mol. The Morgan fingerprint density at radius 1 is 1.23 bits per heavy atom. The number of rotatable bonds is 9. The van der Waals surface area contributed by atoms with Crippen LogP contribution in [0.25, 0.3) is 11.4 Å². The Morgan fingerprint density at radius 2 is 1.94 bits per heavy atom. The van der Waals surface area contributed by atoms with E-state index >= 15 is 0 Å². The van der Waals surface area contributed by atoms with E-state index in [1.165, 1.54) is 6.07 Å².